The van der Waals surface area contributed by atoms with E-state index in [2.05, 4.69) is 42.1 Å². The topological polar surface area (TPSA) is 30.9 Å². The Bertz CT molecular complexity index is 533. The van der Waals surface area contributed by atoms with Crippen LogP contribution in [0, 0.1) is 0 Å². The van der Waals surface area contributed by atoms with E-state index >= 15 is 0 Å². The molecule has 1 fully saturated rings. The van der Waals surface area contributed by atoms with Crippen molar-refractivity contribution >= 4 is 10.9 Å². The zero-order valence-corrected chi connectivity index (χ0v) is 10.4. The summed E-state index contributed by atoms with van der Waals surface area (Å²) < 4.78 is 2.17. The fraction of sp³-hybridized carbons (Fsp3) is 0.467. The van der Waals surface area contributed by atoms with Crippen molar-refractivity contribution in [1.29, 1.82) is 0 Å². The normalized spacial score (nSPS) is 18.9. The Morgan fingerprint density at radius 2 is 2.00 bits per heavy atom. The second kappa shape index (κ2) is 3.88. The van der Waals surface area contributed by atoms with E-state index in [0.717, 1.165) is 6.54 Å². The van der Waals surface area contributed by atoms with Gasteiger partial charge in [0.05, 0.1) is 0 Å². The van der Waals surface area contributed by atoms with E-state index in [9.17, 15) is 0 Å². The quantitative estimate of drug-likeness (QED) is 0.841. The van der Waals surface area contributed by atoms with Gasteiger partial charge < -0.3 is 10.3 Å². The van der Waals surface area contributed by atoms with Crippen molar-refractivity contribution in [1.82, 2.24) is 4.57 Å². The maximum absolute atomic E-state index is 6.04. The number of nitrogens with zero attached hydrogens (tertiary/aromatic N) is 1. The zero-order valence-electron chi connectivity index (χ0n) is 10.4. The lowest BCUT2D eigenvalue weighted by Crippen LogP contribution is -2.31. The van der Waals surface area contributed by atoms with Crippen LogP contribution in [-0.4, -0.2) is 11.1 Å². The van der Waals surface area contributed by atoms with Gasteiger partial charge in [-0.05, 0) is 42.0 Å². The van der Waals surface area contributed by atoms with Gasteiger partial charge in [-0.3, -0.25) is 0 Å². The van der Waals surface area contributed by atoms with Crippen LogP contribution < -0.4 is 5.73 Å². The Kier molecular flexibility index (Phi) is 2.48. The predicted octanol–water partition coefficient (Wildman–Crippen LogP) is 2.95. The van der Waals surface area contributed by atoms with Crippen molar-refractivity contribution in [2.24, 2.45) is 12.8 Å². The second-order valence-corrected chi connectivity index (χ2v) is 5.39. The number of rotatable bonds is 2. The van der Waals surface area contributed by atoms with Crippen molar-refractivity contribution < 1.29 is 0 Å². The first-order chi connectivity index (χ1) is 8.25. The first-order valence-electron chi connectivity index (χ1n) is 6.51. The molecule has 0 radical (unpaired) electrons. The average Bonchev–Trinajstić information content (AvgIpc) is 2.97. The first kappa shape index (κ1) is 10.8. The minimum Gasteiger partial charge on any atom is -0.351 e. The molecule has 0 bridgehead atoms. The van der Waals surface area contributed by atoms with Gasteiger partial charge in [-0.25, -0.2) is 0 Å². The van der Waals surface area contributed by atoms with Crippen molar-refractivity contribution in [3.8, 4) is 0 Å². The molecule has 0 amide bonds. The molecule has 0 unspecified atom stereocenters. The third-order valence-corrected chi connectivity index (χ3v) is 4.45. The van der Waals surface area contributed by atoms with Crippen LogP contribution in [0.2, 0.25) is 0 Å². The van der Waals surface area contributed by atoms with Crippen molar-refractivity contribution in [2.45, 2.75) is 31.1 Å². The summed E-state index contributed by atoms with van der Waals surface area (Å²) in [5, 5.41) is 1.34. The molecule has 1 aromatic carbocycles. The molecule has 2 heteroatoms. The molecular formula is C15H20N2. The van der Waals surface area contributed by atoms with Crippen LogP contribution in [0.4, 0.5) is 0 Å². The summed E-state index contributed by atoms with van der Waals surface area (Å²) in [5.41, 5.74) is 9.04. The predicted molar refractivity (Wildman–Crippen MR) is 72.1 cm³/mol. The molecule has 1 aromatic heterocycles. The molecule has 0 saturated heterocycles. The van der Waals surface area contributed by atoms with Crippen LogP contribution in [0.15, 0.2) is 30.5 Å². The van der Waals surface area contributed by atoms with Crippen molar-refractivity contribution in [3.05, 3.63) is 36.0 Å². The number of aromatic nitrogens is 1. The van der Waals surface area contributed by atoms with E-state index in [1.165, 1.54) is 42.1 Å². The van der Waals surface area contributed by atoms with Gasteiger partial charge in [-0.2, -0.15) is 0 Å². The van der Waals surface area contributed by atoms with E-state index in [4.69, 9.17) is 5.73 Å². The lowest BCUT2D eigenvalue weighted by Gasteiger charge is -2.28. The van der Waals surface area contributed by atoms with E-state index in [1.807, 2.05) is 0 Å². The fourth-order valence-corrected chi connectivity index (χ4v) is 3.27. The third-order valence-electron chi connectivity index (χ3n) is 4.45. The Labute approximate surface area is 102 Å². The van der Waals surface area contributed by atoms with Gasteiger partial charge in [0, 0.05) is 30.7 Å². The molecule has 0 spiro atoms. The van der Waals surface area contributed by atoms with E-state index in [0.29, 0.717) is 0 Å². The number of aryl methyl sites for hydroxylation is 1. The summed E-state index contributed by atoms with van der Waals surface area (Å²) in [6, 6.07) is 9.05. The average molecular weight is 228 g/mol. The third kappa shape index (κ3) is 1.59. The highest BCUT2D eigenvalue weighted by Crippen LogP contribution is 2.41. The van der Waals surface area contributed by atoms with Crippen LogP contribution in [0.3, 0.4) is 0 Å². The Morgan fingerprint density at radius 3 is 2.71 bits per heavy atom. The molecule has 2 aromatic rings. The van der Waals surface area contributed by atoms with Gasteiger partial charge in [-0.1, -0.05) is 18.9 Å². The zero-order chi connectivity index (χ0) is 11.9. The van der Waals surface area contributed by atoms with E-state index in [1.54, 1.807) is 0 Å². The molecule has 2 nitrogen and oxygen atoms in total. The highest BCUT2D eigenvalue weighted by atomic mass is 14.9. The maximum Gasteiger partial charge on any atom is 0.0477 e. The molecule has 17 heavy (non-hydrogen) atoms. The number of hydrogen-bond donors (Lipinski definition) is 1. The monoisotopic (exact) mass is 228 g/mol. The summed E-state index contributed by atoms with van der Waals surface area (Å²) >= 11 is 0. The number of fused-ring (bicyclic) bond motifs is 1. The number of benzene rings is 1. The largest absolute Gasteiger partial charge is 0.351 e. The standard InChI is InChI=1S/C15H20N2/c1-17-9-6-12-10-13(4-5-14(12)17)15(11-16)7-2-3-8-15/h4-6,9-10H,2-3,7-8,11,16H2,1H3. The molecule has 0 aliphatic heterocycles. The minimum absolute atomic E-state index is 0.254. The van der Waals surface area contributed by atoms with Gasteiger partial charge in [0.1, 0.15) is 0 Å². The Hall–Kier alpha value is -1.28. The van der Waals surface area contributed by atoms with Crippen LogP contribution in [0.5, 0.6) is 0 Å². The molecule has 3 rings (SSSR count). The van der Waals surface area contributed by atoms with E-state index in [-0.39, 0.29) is 5.41 Å². The summed E-state index contributed by atoms with van der Waals surface area (Å²) in [6.07, 6.45) is 7.27. The van der Waals surface area contributed by atoms with Crippen LogP contribution in [0.25, 0.3) is 10.9 Å². The van der Waals surface area contributed by atoms with Gasteiger partial charge in [0.25, 0.3) is 0 Å². The SMILES string of the molecule is Cn1ccc2cc(C3(CN)CCCC3)ccc21. The van der Waals surface area contributed by atoms with Gasteiger partial charge in [0.15, 0.2) is 0 Å². The first-order valence-corrected chi connectivity index (χ1v) is 6.51. The van der Waals surface area contributed by atoms with Gasteiger partial charge in [0.2, 0.25) is 0 Å². The molecule has 2 N–H and O–H groups in total. The fourth-order valence-electron chi connectivity index (χ4n) is 3.27. The Balaban J connectivity index is 2.10. The smallest absolute Gasteiger partial charge is 0.0477 e. The van der Waals surface area contributed by atoms with E-state index < -0.39 is 0 Å². The summed E-state index contributed by atoms with van der Waals surface area (Å²) in [5.74, 6) is 0. The molecular weight excluding hydrogens is 208 g/mol. The summed E-state index contributed by atoms with van der Waals surface area (Å²) in [6.45, 7) is 0.783. The molecule has 1 aliphatic carbocycles. The lowest BCUT2D eigenvalue weighted by atomic mass is 9.79. The number of hydrogen-bond acceptors (Lipinski definition) is 1. The van der Waals surface area contributed by atoms with Crippen molar-refractivity contribution in [3.63, 3.8) is 0 Å². The van der Waals surface area contributed by atoms with Gasteiger partial charge in [-0.15, -0.1) is 0 Å². The highest BCUT2D eigenvalue weighted by Gasteiger charge is 2.34. The molecule has 1 aliphatic rings. The lowest BCUT2D eigenvalue weighted by molar-refractivity contribution is 0.453. The van der Waals surface area contributed by atoms with Crippen LogP contribution >= 0.6 is 0 Å². The molecule has 90 valence electrons. The highest BCUT2D eigenvalue weighted by molar-refractivity contribution is 5.81. The van der Waals surface area contributed by atoms with Crippen molar-refractivity contribution in [2.75, 3.05) is 6.54 Å². The van der Waals surface area contributed by atoms with Gasteiger partial charge >= 0.3 is 0 Å². The minimum atomic E-state index is 0.254. The number of nitrogens with two attached hydrogens (primary N) is 1. The maximum atomic E-state index is 6.04. The molecule has 0 atom stereocenters. The second-order valence-electron chi connectivity index (χ2n) is 5.39. The van der Waals surface area contributed by atoms with Crippen LogP contribution in [0.1, 0.15) is 31.2 Å². The Morgan fingerprint density at radius 1 is 1.24 bits per heavy atom. The summed E-state index contributed by atoms with van der Waals surface area (Å²) in [7, 11) is 2.09. The molecule has 1 heterocycles. The summed E-state index contributed by atoms with van der Waals surface area (Å²) in [4.78, 5) is 0. The van der Waals surface area contributed by atoms with Crippen LogP contribution in [-0.2, 0) is 12.5 Å². The molecule has 1 saturated carbocycles.